The van der Waals surface area contributed by atoms with E-state index in [0.29, 0.717) is 0 Å². The number of hydrogen-bond donors (Lipinski definition) is 1. The van der Waals surface area contributed by atoms with Gasteiger partial charge >= 0.3 is 11.5 Å². The molecule has 0 aliphatic rings. The molecule has 20 heavy (non-hydrogen) atoms. The van der Waals surface area contributed by atoms with Crippen molar-refractivity contribution in [1.29, 1.82) is 0 Å². The van der Waals surface area contributed by atoms with Crippen molar-refractivity contribution in [2.75, 3.05) is 0 Å². The number of halogens is 3. The summed E-state index contributed by atoms with van der Waals surface area (Å²) in [6, 6.07) is 7.47. The van der Waals surface area contributed by atoms with Crippen molar-refractivity contribution >= 4 is 17.7 Å². The van der Waals surface area contributed by atoms with E-state index in [-0.39, 0.29) is 18.4 Å². The van der Waals surface area contributed by atoms with Crippen molar-refractivity contribution in [3.8, 4) is 0 Å². The molecule has 0 radical (unpaired) electrons. The second kappa shape index (κ2) is 6.49. The number of carbonyl (C=O) groups excluding carboxylic acids is 1. The monoisotopic (exact) mass is 307 g/mol. The van der Waals surface area contributed by atoms with Crippen molar-refractivity contribution in [3.05, 3.63) is 35.9 Å². The van der Waals surface area contributed by atoms with Crippen LogP contribution in [0.1, 0.15) is 19.4 Å². The maximum Gasteiger partial charge on any atom is 0.442 e. The van der Waals surface area contributed by atoms with Crippen LogP contribution in [-0.4, -0.2) is 22.3 Å². The van der Waals surface area contributed by atoms with Gasteiger partial charge < -0.3 is 10.5 Å². The van der Waals surface area contributed by atoms with Crippen LogP contribution in [0.4, 0.5) is 13.2 Å². The maximum atomic E-state index is 12.4. The third kappa shape index (κ3) is 5.42. The fourth-order valence-electron chi connectivity index (χ4n) is 1.46. The summed E-state index contributed by atoms with van der Waals surface area (Å²) in [5.74, 6) is -0.851. The molecule has 0 unspecified atom stereocenters. The van der Waals surface area contributed by atoms with Crippen LogP contribution in [0.2, 0.25) is 0 Å². The Balaban J connectivity index is 2.58. The van der Waals surface area contributed by atoms with Gasteiger partial charge in [-0.05, 0) is 31.2 Å². The second-order valence-electron chi connectivity index (χ2n) is 4.72. The molecule has 1 rings (SSSR count). The van der Waals surface area contributed by atoms with Gasteiger partial charge in [-0.2, -0.15) is 13.2 Å². The number of hydrogen-bond acceptors (Lipinski definition) is 4. The topological polar surface area (TPSA) is 52.3 Å². The molecule has 0 aliphatic carbocycles. The number of alkyl halides is 3. The van der Waals surface area contributed by atoms with Crippen LogP contribution < -0.4 is 5.73 Å². The van der Waals surface area contributed by atoms with Gasteiger partial charge in [0.15, 0.2) is 0 Å². The van der Waals surface area contributed by atoms with Crippen molar-refractivity contribution in [1.82, 2.24) is 0 Å². The molecule has 3 nitrogen and oxygen atoms in total. The minimum absolute atomic E-state index is 0.0138. The van der Waals surface area contributed by atoms with Crippen molar-refractivity contribution in [2.24, 2.45) is 5.73 Å². The number of ether oxygens (including phenoxy) is 1. The van der Waals surface area contributed by atoms with E-state index < -0.39 is 22.3 Å². The Morgan fingerprint density at radius 2 is 1.85 bits per heavy atom. The lowest BCUT2D eigenvalue weighted by Gasteiger charge is -2.29. The zero-order valence-corrected chi connectivity index (χ0v) is 11.9. The minimum Gasteiger partial charge on any atom is -0.460 e. The molecule has 0 heterocycles. The third-order valence-electron chi connectivity index (χ3n) is 2.61. The molecule has 0 fully saturated rings. The van der Waals surface area contributed by atoms with Crippen LogP contribution in [0.15, 0.2) is 30.3 Å². The van der Waals surface area contributed by atoms with Gasteiger partial charge in [-0.15, -0.1) is 0 Å². The molecule has 2 N–H and O–H groups in total. The summed E-state index contributed by atoms with van der Waals surface area (Å²) < 4.78 is 40.6. The standard InChI is InChI=1S/C13H16F3NO2S/c1-12(2,20-13(14,15)16)10(17)11(18)19-8-9-6-4-3-5-7-9/h3-7,10H,8,17H2,1-2H3/t10-/m1/s1. The van der Waals surface area contributed by atoms with Crippen molar-refractivity contribution in [2.45, 2.75) is 36.8 Å². The molecule has 112 valence electrons. The molecule has 7 heteroatoms. The zero-order chi connectivity index (χ0) is 15.4. The molecule has 1 aromatic rings. The first-order valence-electron chi connectivity index (χ1n) is 5.85. The average Bonchev–Trinajstić information content (AvgIpc) is 2.33. The van der Waals surface area contributed by atoms with Gasteiger partial charge in [0.2, 0.25) is 0 Å². The number of esters is 1. The number of nitrogens with two attached hydrogens (primary N) is 1. The van der Waals surface area contributed by atoms with E-state index >= 15 is 0 Å². The molecule has 1 atom stereocenters. The van der Waals surface area contributed by atoms with E-state index in [1.165, 1.54) is 13.8 Å². The van der Waals surface area contributed by atoms with Crippen LogP contribution in [0.5, 0.6) is 0 Å². The molecule has 0 saturated heterocycles. The summed E-state index contributed by atoms with van der Waals surface area (Å²) in [4.78, 5) is 11.7. The third-order valence-corrected chi connectivity index (χ3v) is 3.62. The zero-order valence-electron chi connectivity index (χ0n) is 11.1. The first kappa shape index (κ1) is 16.8. The Kier molecular flexibility index (Phi) is 5.47. The van der Waals surface area contributed by atoms with E-state index in [1.807, 2.05) is 0 Å². The van der Waals surface area contributed by atoms with Crippen LogP contribution in [0, 0.1) is 0 Å². The molecular formula is C13H16F3NO2S. The Hall–Kier alpha value is -1.21. The summed E-state index contributed by atoms with van der Waals surface area (Å²) in [6.07, 6.45) is 0. The Morgan fingerprint density at radius 3 is 2.35 bits per heavy atom. The summed E-state index contributed by atoms with van der Waals surface area (Å²) >= 11 is -0.309. The van der Waals surface area contributed by atoms with Crippen LogP contribution in [0.25, 0.3) is 0 Å². The highest BCUT2D eigenvalue weighted by atomic mass is 32.2. The second-order valence-corrected chi connectivity index (χ2v) is 6.44. The van der Waals surface area contributed by atoms with E-state index in [2.05, 4.69) is 0 Å². The quantitative estimate of drug-likeness (QED) is 0.849. The van der Waals surface area contributed by atoms with Crippen molar-refractivity contribution in [3.63, 3.8) is 0 Å². The van der Waals surface area contributed by atoms with E-state index in [1.54, 1.807) is 30.3 Å². The largest absolute Gasteiger partial charge is 0.460 e. The smallest absolute Gasteiger partial charge is 0.442 e. The molecule has 0 saturated carbocycles. The van der Waals surface area contributed by atoms with Crippen molar-refractivity contribution < 1.29 is 22.7 Å². The van der Waals surface area contributed by atoms with E-state index in [0.717, 1.165) is 5.56 Å². The summed E-state index contributed by atoms with van der Waals surface area (Å²) in [5.41, 5.74) is 1.86. The van der Waals surface area contributed by atoms with Gasteiger partial charge in [0.25, 0.3) is 0 Å². The van der Waals surface area contributed by atoms with Gasteiger partial charge in [0.05, 0.1) is 0 Å². The Labute approximate surface area is 119 Å². The van der Waals surface area contributed by atoms with E-state index in [4.69, 9.17) is 10.5 Å². The number of rotatable bonds is 5. The maximum absolute atomic E-state index is 12.4. The summed E-state index contributed by atoms with van der Waals surface area (Å²) in [7, 11) is 0. The number of benzene rings is 1. The number of carbonyl (C=O) groups is 1. The van der Waals surface area contributed by atoms with Crippen LogP contribution in [0.3, 0.4) is 0 Å². The predicted octanol–water partition coefficient (Wildman–Crippen LogP) is 3.09. The fourth-order valence-corrected chi connectivity index (χ4v) is 2.28. The molecule has 1 aromatic carbocycles. The van der Waals surface area contributed by atoms with Gasteiger partial charge in [0, 0.05) is 4.75 Å². The minimum atomic E-state index is -4.46. The average molecular weight is 307 g/mol. The highest BCUT2D eigenvalue weighted by Gasteiger charge is 2.44. The molecule has 0 amide bonds. The first-order chi connectivity index (χ1) is 9.12. The van der Waals surface area contributed by atoms with Gasteiger partial charge in [-0.25, -0.2) is 0 Å². The highest BCUT2D eigenvalue weighted by Crippen LogP contribution is 2.41. The molecule has 0 aliphatic heterocycles. The van der Waals surface area contributed by atoms with Crippen LogP contribution >= 0.6 is 11.8 Å². The lowest BCUT2D eigenvalue weighted by Crippen LogP contribution is -2.48. The first-order valence-corrected chi connectivity index (χ1v) is 6.66. The summed E-state index contributed by atoms with van der Waals surface area (Å²) in [5, 5.41) is 0. The molecule has 0 bridgehead atoms. The number of thioether (sulfide) groups is 1. The van der Waals surface area contributed by atoms with Gasteiger partial charge in [-0.1, -0.05) is 30.3 Å². The normalized spacial score (nSPS) is 13.9. The Morgan fingerprint density at radius 1 is 1.30 bits per heavy atom. The molecular weight excluding hydrogens is 291 g/mol. The van der Waals surface area contributed by atoms with E-state index in [9.17, 15) is 18.0 Å². The van der Waals surface area contributed by atoms with Gasteiger partial charge in [0.1, 0.15) is 12.6 Å². The van der Waals surface area contributed by atoms with Crippen LogP contribution in [-0.2, 0) is 16.1 Å². The Bertz CT molecular complexity index is 449. The molecule has 0 spiro atoms. The SMILES string of the molecule is CC(C)(SC(F)(F)F)[C@H](N)C(=O)OCc1ccccc1. The lowest BCUT2D eigenvalue weighted by atomic mass is 10.0. The lowest BCUT2D eigenvalue weighted by molar-refractivity contribution is -0.147. The fraction of sp³-hybridized carbons (Fsp3) is 0.462. The predicted molar refractivity (Wildman–Crippen MR) is 71.9 cm³/mol. The van der Waals surface area contributed by atoms with Gasteiger partial charge in [-0.3, -0.25) is 4.79 Å². The summed E-state index contributed by atoms with van der Waals surface area (Å²) in [6.45, 7) is 2.51. The molecule has 0 aromatic heterocycles. The highest BCUT2D eigenvalue weighted by molar-refractivity contribution is 8.01.